The van der Waals surface area contributed by atoms with Gasteiger partial charge in [-0.3, -0.25) is 0 Å². The van der Waals surface area contributed by atoms with Crippen LogP contribution in [0.2, 0.25) is 0 Å². The maximum absolute atomic E-state index is 9.71. The van der Waals surface area contributed by atoms with E-state index in [9.17, 15) is 5.11 Å². The second-order valence-electron chi connectivity index (χ2n) is 4.09. The van der Waals surface area contributed by atoms with Crippen molar-refractivity contribution in [3.8, 4) is 5.75 Å². The van der Waals surface area contributed by atoms with Gasteiger partial charge in [0.15, 0.2) is 0 Å². The first-order chi connectivity index (χ1) is 6.04. The molecule has 1 nitrogen and oxygen atoms in total. The molecule has 0 atom stereocenters. The van der Waals surface area contributed by atoms with E-state index >= 15 is 0 Å². The van der Waals surface area contributed by atoms with Crippen LogP contribution >= 0.6 is 0 Å². The van der Waals surface area contributed by atoms with E-state index in [0.29, 0.717) is 17.6 Å². The Morgan fingerprint density at radius 3 is 1.93 bits per heavy atom. The van der Waals surface area contributed by atoms with E-state index in [1.807, 2.05) is 6.07 Å². The molecule has 74 valence electrons. The van der Waals surface area contributed by atoms with Crippen LogP contribution in [0.25, 0.3) is 0 Å². The fraction of sp³-hybridized carbons (Fsp3) is 0.500. The molecule has 0 saturated heterocycles. The third kappa shape index (κ3) is 2.80. The molecule has 0 aliphatic carbocycles. The second-order valence-corrected chi connectivity index (χ2v) is 4.09. The molecule has 2 heteroatoms. The van der Waals surface area contributed by atoms with Gasteiger partial charge in [0.2, 0.25) is 0 Å². The molecule has 0 amide bonds. The van der Waals surface area contributed by atoms with Crippen LogP contribution < -0.4 is 0 Å². The zero-order chi connectivity index (χ0) is 10.0. The van der Waals surface area contributed by atoms with Gasteiger partial charge >= 0.3 is 18.9 Å². The van der Waals surface area contributed by atoms with Crippen LogP contribution in [0, 0.1) is 0 Å². The van der Waals surface area contributed by atoms with Gasteiger partial charge in [0.05, 0.1) is 0 Å². The Kier molecular flexibility index (Phi) is 5.34. The van der Waals surface area contributed by atoms with E-state index < -0.39 is 0 Å². The van der Waals surface area contributed by atoms with E-state index in [4.69, 9.17) is 0 Å². The van der Waals surface area contributed by atoms with Crippen molar-refractivity contribution in [3.63, 3.8) is 0 Å². The zero-order valence-electron chi connectivity index (χ0n) is 8.83. The van der Waals surface area contributed by atoms with E-state index in [2.05, 4.69) is 33.8 Å². The van der Waals surface area contributed by atoms with E-state index in [-0.39, 0.29) is 18.9 Å². The summed E-state index contributed by atoms with van der Waals surface area (Å²) in [6, 6.07) is 5.78. The fourth-order valence-corrected chi connectivity index (χ4v) is 1.70. The summed E-state index contributed by atoms with van der Waals surface area (Å²) in [5.74, 6) is 1.30. The normalized spacial score (nSPS) is 10.4. The second kappa shape index (κ2) is 5.49. The third-order valence-corrected chi connectivity index (χ3v) is 2.32. The van der Waals surface area contributed by atoms with Gasteiger partial charge in [-0.1, -0.05) is 39.8 Å². The SMILES string of the molecule is CC(C)c1cccc(O)c1C(C)C.[LiH]. The standard InChI is InChI=1S/C12H18O.Li.H/c1-8(2)10-6-5-7-11(13)12(10)9(3)4;;/h5-9,13H,1-4H3;;. The molecule has 0 unspecified atom stereocenters. The van der Waals surface area contributed by atoms with Crippen molar-refractivity contribution in [2.45, 2.75) is 39.5 Å². The molecule has 1 rings (SSSR count). The van der Waals surface area contributed by atoms with E-state index in [1.54, 1.807) is 6.07 Å². The van der Waals surface area contributed by atoms with Crippen molar-refractivity contribution in [1.29, 1.82) is 0 Å². The Morgan fingerprint density at radius 2 is 1.57 bits per heavy atom. The minimum atomic E-state index is 0. The molecule has 0 radical (unpaired) electrons. The molecule has 0 aliphatic heterocycles. The first-order valence-electron chi connectivity index (χ1n) is 4.85. The predicted molar refractivity (Wildman–Crippen MR) is 63.4 cm³/mol. The molecule has 0 spiro atoms. The molecule has 1 N–H and O–H groups in total. The molecule has 0 aliphatic rings. The van der Waals surface area contributed by atoms with Crippen LogP contribution in [0.4, 0.5) is 0 Å². The molecule has 1 aromatic rings. The van der Waals surface area contributed by atoms with Crippen LogP contribution in [-0.4, -0.2) is 24.0 Å². The summed E-state index contributed by atoms with van der Waals surface area (Å²) in [7, 11) is 0. The van der Waals surface area contributed by atoms with Crippen molar-refractivity contribution in [2.24, 2.45) is 0 Å². The Hall–Kier alpha value is -0.383. The quantitative estimate of drug-likeness (QED) is 0.704. The molecule has 0 heterocycles. The number of phenolic OH excluding ortho intramolecular Hbond substituents is 1. The van der Waals surface area contributed by atoms with Gasteiger partial charge in [-0.2, -0.15) is 0 Å². The first-order valence-corrected chi connectivity index (χ1v) is 4.85. The molecule has 14 heavy (non-hydrogen) atoms. The van der Waals surface area contributed by atoms with Crippen LogP contribution in [0.5, 0.6) is 5.75 Å². The predicted octanol–water partition coefficient (Wildman–Crippen LogP) is 2.99. The number of phenols is 1. The minimum absolute atomic E-state index is 0. The molecular weight excluding hydrogens is 167 g/mol. The Balaban J connectivity index is 0.00000169. The summed E-state index contributed by atoms with van der Waals surface area (Å²) in [5, 5.41) is 9.71. The zero-order valence-corrected chi connectivity index (χ0v) is 8.83. The van der Waals surface area contributed by atoms with Crippen LogP contribution in [-0.2, 0) is 0 Å². The van der Waals surface area contributed by atoms with Crippen molar-refractivity contribution >= 4 is 18.9 Å². The molecule has 0 aromatic heterocycles. The molecule has 1 aromatic carbocycles. The van der Waals surface area contributed by atoms with Gasteiger partial charge in [-0.05, 0) is 29.0 Å². The van der Waals surface area contributed by atoms with Crippen molar-refractivity contribution in [1.82, 2.24) is 0 Å². The Labute approximate surface area is 98.7 Å². The monoisotopic (exact) mass is 186 g/mol. The number of hydrogen-bond acceptors (Lipinski definition) is 1. The Bertz CT molecular complexity index is 292. The summed E-state index contributed by atoms with van der Waals surface area (Å²) in [4.78, 5) is 0. The van der Waals surface area contributed by atoms with Crippen LogP contribution in [0.15, 0.2) is 18.2 Å². The van der Waals surface area contributed by atoms with Crippen molar-refractivity contribution < 1.29 is 5.11 Å². The summed E-state index contributed by atoms with van der Waals surface area (Å²) in [5.41, 5.74) is 2.35. The number of benzene rings is 1. The van der Waals surface area contributed by atoms with Gasteiger partial charge in [0.1, 0.15) is 5.75 Å². The average Bonchev–Trinajstić information content (AvgIpc) is 2.02. The van der Waals surface area contributed by atoms with Gasteiger partial charge in [-0.15, -0.1) is 0 Å². The molecule has 0 fully saturated rings. The summed E-state index contributed by atoms with van der Waals surface area (Å²) < 4.78 is 0. The first kappa shape index (κ1) is 13.6. The molecule has 0 saturated carbocycles. The van der Waals surface area contributed by atoms with Crippen LogP contribution in [0.3, 0.4) is 0 Å². The third-order valence-electron chi connectivity index (χ3n) is 2.32. The Morgan fingerprint density at radius 1 is 1.00 bits per heavy atom. The summed E-state index contributed by atoms with van der Waals surface area (Å²) in [6.07, 6.45) is 0. The van der Waals surface area contributed by atoms with Gasteiger partial charge in [-0.25, -0.2) is 0 Å². The number of hydrogen-bond donors (Lipinski definition) is 1. The van der Waals surface area contributed by atoms with E-state index in [1.165, 1.54) is 5.56 Å². The van der Waals surface area contributed by atoms with Gasteiger partial charge < -0.3 is 5.11 Å². The average molecular weight is 186 g/mol. The number of rotatable bonds is 2. The fourth-order valence-electron chi connectivity index (χ4n) is 1.70. The topological polar surface area (TPSA) is 20.2 Å². The van der Waals surface area contributed by atoms with E-state index in [0.717, 1.165) is 5.56 Å². The molecule has 0 bridgehead atoms. The molecular formula is C12H19LiO. The van der Waals surface area contributed by atoms with Crippen LogP contribution in [0.1, 0.15) is 50.7 Å². The van der Waals surface area contributed by atoms with Crippen molar-refractivity contribution in [3.05, 3.63) is 29.3 Å². The van der Waals surface area contributed by atoms with Gasteiger partial charge in [0, 0.05) is 0 Å². The maximum atomic E-state index is 9.71. The van der Waals surface area contributed by atoms with Crippen molar-refractivity contribution in [2.75, 3.05) is 0 Å². The summed E-state index contributed by atoms with van der Waals surface area (Å²) in [6.45, 7) is 8.53. The summed E-state index contributed by atoms with van der Waals surface area (Å²) >= 11 is 0. The number of aromatic hydroxyl groups is 1. The van der Waals surface area contributed by atoms with Gasteiger partial charge in [0.25, 0.3) is 0 Å².